The maximum Gasteiger partial charge on any atom is 0.279 e. The summed E-state index contributed by atoms with van der Waals surface area (Å²) < 4.78 is 15.5. The van der Waals surface area contributed by atoms with E-state index in [0.717, 1.165) is 5.56 Å². The Kier molecular flexibility index (Phi) is 5.24. The predicted molar refractivity (Wildman–Crippen MR) is 112 cm³/mol. The van der Waals surface area contributed by atoms with E-state index in [2.05, 4.69) is 16.4 Å². The fourth-order valence-electron chi connectivity index (χ4n) is 3.62. The number of nitrogens with zero attached hydrogens (tertiary/aromatic N) is 2. The van der Waals surface area contributed by atoms with Crippen LogP contribution in [0.1, 0.15) is 34.6 Å². The molecule has 1 aliphatic rings. The zero-order chi connectivity index (χ0) is 20.5. The van der Waals surface area contributed by atoms with Crippen molar-refractivity contribution in [1.29, 1.82) is 0 Å². The number of nitrogens with one attached hydrogen (secondary N) is 1. The van der Waals surface area contributed by atoms with Crippen molar-refractivity contribution in [3.63, 3.8) is 0 Å². The van der Waals surface area contributed by atoms with E-state index in [1.54, 1.807) is 23.7 Å². The molecular formula is C22H20FN3O2S. The third kappa shape index (κ3) is 3.96. The van der Waals surface area contributed by atoms with Crippen LogP contribution >= 0.6 is 11.8 Å². The Morgan fingerprint density at radius 2 is 2.00 bits per heavy atom. The molecule has 0 radical (unpaired) electrons. The summed E-state index contributed by atoms with van der Waals surface area (Å²) in [4.78, 5) is 29.5. The number of carbonyl (C=O) groups excluding carboxylic acids is 1. The number of halogens is 1. The molecule has 7 heteroatoms. The van der Waals surface area contributed by atoms with Crippen LogP contribution < -0.4 is 10.9 Å². The van der Waals surface area contributed by atoms with Crippen molar-refractivity contribution in [3.05, 3.63) is 87.0 Å². The summed E-state index contributed by atoms with van der Waals surface area (Å²) in [5.41, 5.74) is 2.90. The quantitative estimate of drug-likeness (QED) is 0.523. The first kappa shape index (κ1) is 19.4. The van der Waals surface area contributed by atoms with E-state index in [1.165, 1.54) is 29.5 Å². The Bertz CT molecular complexity index is 1160. The molecule has 0 bridgehead atoms. The standard InChI is InChI=1S/C22H20FN3O2S/c1-13-5-3-6-14(9-13)12-29-22-25-21(28)19-17(15-7-4-8-16(23)10-15)11-18(27)24-20(19)26(22)2/h3-10,17H,11-12H2,1-2H3,(H,24,27). The maximum absolute atomic E-state index is 13.7. The molecule has 1 aliphatic heterocycles. The molecule has 148 valence electrons. The zero-order valence-corrected chi connectivity index (χ0v) is 16.9. The molecule has 1 N–H and O–H groups in total. The summed E-state index contributed by atoms with van der Waals surface area (Å²) in [5, 5.41) is 3.33. The maximum atomic E-state index is 13.7. The lowest BCUT2D eigenvalue weighted by atomic mass is 9.87. The molecule has 3 aromatic rings. The van der Waals surface area contributed by atoms with Gasteiger partial charge in [0.05, 0.1) is 5.56 Å². The van der Waals surface area contributed by atoms with E-state index in [-0.39, 0.29) is 17.9 Å². The van der Waals surface area contributed by atoms with Gasteiger partial charge in [-0.3, -0.25) is 9.59 Å². The summed E-state index contributed by atoms with van der Waals surface area (Å²) in [6.07, 6.45) is 0.0865. The number of aromatic nitrogens is 2. The number of hydrogen-bond acceptors (Lipinski definition) is 4. The van der Waals surface area contributed by atoms with E-state index in [4.69, 9.17) is 0 Å². The zero-order valence-electron chi connectivity index (χ0n) is 16.1. The fraction of sp³-hybridized carbons (Fsp3) is 0.227. The first-order valence-corrected chi connectivity index (χ1v) is 10.3. The predicted octanol–water partition coefficient (Wildman–Crippen LogP) is 3.99. The topological polar surface area (TPSA) is 64.0 Å². The number of hydrogen-bond donors (Lipinski definition) is 1. The Morgan fingerprint density at radius 1 is 1.21 bits per heavy atom. The smallest absolute Gasteiger partial charge is 0.279 e. The molecule has 1 unspecified atom stereocenters. The van der Waals surface area contributed by atoms with E-state index < -0.39 is 11.7 Å². The van der Waals surface area contributed by atoms with Gasteiger partial charge in [-0.1, -0.05) is 53.7 Å². The van der Waals surface area contributed by atoms with Crippen molar-refractivity contribution < 1.29 is 9.18 Å². The summed E-state index contributed by atoms with van der Waals surface area (Å²) in [6.45, 7) is 2.03. The van der Waals surface area contributed by atoms with E-state index >= 15 is 0 Å². The first-order chi connectivity index (χ1) is 13.9. The number of rotatable bonds is 4. The molecule has 0 fully saturated rings. The third-order valence-electron chi connectivity index (χ3n) is 5.00. The average molecular weight is 409 g/mol. The largest absolute Gasteiger partial charge is 0.312 e. The molecule has 1 aromatic heterocycles. The number of thioether (sulfide) groups is 1. The second-order valence-corrected chi connectivity index (χ2v) is 8.10. The number of fused-ring (bicyclic) bond motifs is 1. The van der Waals surface area contributed by atoms with Crippen LogP contribution in [0.15, 0.2) is 58.5 Å². The van der Waals surface area contributed by atoms with Crippen LogP contribution in [-0.2, 0) is 17.6 Å². The molecule has 1 amide bonds. The number of carbonyl (C=O) groups is 1. The molecule has 2 heterocycles. The summed E-state index contributed by atoms with van der Waals surface area (Å²) in [6, 6.07) is 14.2. The second kappa shape index (κ2) is 7.83. The van der Waals surface area contributed by atoms with Gasteiger partial charge in [-0.05, 0) is 30.2 Å². The molecule has 2 aromatic carbocycles. The lowest BCUT2D eigenvalue weighted by Crippen LogP contribution is -2.33. The number of amides is 1. The fourth-order valence-corrected chi connectivity index (χ4v) is 4.53. The van der Waals surface area contributed by atoms with Crippen LogP contribution in [0.4, 0.5) is 10.2 Å². The lowest BCUT2D eigenvalue weighted by molar-refractivity contribution is -0.116. The number of benzene rings is 2. The summed E-state index contributed by atoms with van der Waals surface area (Å²) >= 11 is 1.44. The van der Waals surface area contributed by atoms with Crippen molar-refractivity contribution in [3.8, 4) is 0 Å². The molecule has 0 saturated carbocycles. The number of anilines is 1. The Balaban J connectivity index is 1.72. The van der Waals surface area contributed by atoms with E-state index in [1.807, 2.05) is 25.1 Å². The van der Waals surface area contributed by atoms with Gasteiger partial charge in [0, 0.05) is 25.1 Å². The average Bonchev–Trinajstić information content (AvgIpc) is 2.69. The van der Waals surface area contributed by atoms with Crippen molar-refractivity contribution in [2.75, 3.05) is 5.32 Å². The Hall–Kier alpha value is -2.93. The highest BCUT2D eigenvalue weighted by atomic mass is 32.2. The van der Waals surface area contributed by atoms with Crippen LogP contribution in [0.25, 0.3) is 0 Å². The van der Waals surface area contributed by atoms with Gasteiger partial charge in [-0.2, -0.15) is 4.98 Å². The molecule has 29 heavy (non-hydrogen) atoms. The van der Waals surface area contributed by atoms with Gasteiger partial charge >= 0.3 is 0 Å². The summed E-state index contributed by atoms with van der Waals surface area (Å²) in [7, 11) is 1.78. The van der Waals surface area contributed by atoms with Gasteiger partial charge in [-0.15, -0.1) is 0 Å². The van der Waals surface area contributed by atoms with Gasteiger partial charge in [0.1, 0.15) is 11.6 Å². The van der Waals surface area contributed by atoms with Gasteiger partial charge in [0.2, 0.25) is 5.91 Å². The van der Waals surface area contributed by atoms with Crippen molar-refractivity contribution in [2.45, 2.75) is 30.2 Å². The summed E-state index contributed by atoms with van der Waals surface area (Å²) in [5.74, 6) is -0.0337. The molecule has 1 atom stereocenters. The molecular weight excluding hydrogens is 389 g/mol. The van der Waals surface area contributed by atoms with Crippen LogP contribution in [0.3, 0.4) is 0 Å². The molecule has 0 saturated heterocycles. The van der Waals surface area contributed by atoms with Crippen LogP contribution in [0.5, 0.6) is 0 Å². The normalized spacial score (nSPS) is 15.7. The second-order valence-electron chi connectivity index (χ2n) is 7.16. The molecule has 0 spiro atoms. The van der Waals surface area contributed by atoms with Crippen LogP contribution in [0, 0.1) is 12.7 Å². The van der Waals surface area contributed by atoms with E-state index in [9.17, 15) is 14.0 Å². The Labute approximate surface area is 172 Å². The molecule has 5 nitrogen and oxygen atoms in total. The Morgan fingerprint density at radius 3 is 2.76 bits per heavy atom. The minimum Gasteiger partial charge on any atom is -0.312 e. The number of aryl methyl sites for hydroxylation is 1. The van der Waals surface area contributed by atoms with Gasteiger partial charge in [-0.25, -0.2) is 4.39 Å². The third-order valence-corrected chi connectivity index (χ3v) is 6.10. The monoisotopic (exact) mass is 409 g/mol. The van der Waals surface area contributed by atoms with Crippen molar-refractivity contribution in [2.24, 2.45) is 7.05 Å². The lowest BCUT2D eigenvalue weighted by Gasteiger charge is -2.27. The van der Waals surface area contributed by atoms with Crippen molar-refractivity contribution in [1.82, 2.24) is 9.55 Å². The van der Waals surface area contributed by atoms with E-state index in [0.29, 0.717) is 27.9 Å². The first-order valence-electron chi connectivity index (χ1n) is 9.27. The van der Waals surface area contributed by atoms with Gasteiger partial charge in [0.25, 0.3) is 5.56 Å². The highest BCUT2D eigenvalue weighted by Crippen LogP contribution is 2.36. The minimum absolute atomic E-state index is 0.0865. The van der Waals surface area contributed by atoms with Crippen LogP contribution in [-0.4, -0.2) is 15.5 Å². The van der Waals surface area contributed by atoms with Gasteiger partial charge < -0.3 is 9.88 Å². The minimum atomic E-state index is -0.517. The van der Waals surface area contributed by atoms with Crippen LogP contribution in [0.2, 0.25) is 0 Å². The SMILES string of the molecule is Cc1cccc(CSc2nc(=O)c3c(n2C)NC(=O)CC3c2cccc(F)c2)c1. The van der Waals surface area contributed by atoms with Gasteiger partial charge in [0.15, 0.2) is 5.16 Å². The van der Waals surface area contributed by atoms with Crippen molar-refractivity contribution >= 4 is 23.5 Å². The molecule has 0 aliphatic carbocycles. The molecule has 4 rings (SSSR count). The highest BCUT2D eigenvalue weighted by molar-refractivity contribution is 7.98. The highest BCUT2D eigenvalue weighted by Gasteiger charge is 2.32.